The Morgan fingerprint density at radius 1 is 1.41 bits per heavy atom. The molecule has 1 aromatic heterocycles. The van der Waals surface area contributed by atoms with Gasteiger partial charge in [0.1, 0.15) is 6.61 Å². The van der Waals surface area contributed by atoms with E-state index < -0.39 is 0 Å². The molecular weight excluding hydrogens is 222 g/mol. The van der Waals surface area contributed by atoms with Gasteiger partial charge >= 0.3 is 0 Å². The number of hydrogen-bond acceptors (Lipinski definition) is 6. The average Bonchev–Trinajstić information content (AvgIpc) is 2.75. The summed E-state index contributed by atoms with van der Waals surface area (Å²) in [7, 11) is 0. The Bertz CT molecular complexity index is 315. The number of hydrogen-bond donors (Lipinski definition) is 1. The van der Waals surface area contributed by atoms with Gasteiger partial charge in [0, 0.05) is 6.61 Å². The topological polar surface area (TPSA) is 83.4 Å². The minimum atomic E-state index is -0.360. The van der Waals surface area contributed by atoms with E-state index >= 15 is 0 Å². The van der Waals surface area contributed by atoms with Gasteiger partial charge in [-0.1, -0.05) is 12.1 Å². The first-order valence-electron chi connectivity index (χ1n) is 5.90. The highest BCUT2D eigenvalue weighted by Gasteiger charge is 2.14. The molecule has 6 nitrogen and oxygen atoms in total. The number of rotatable bonds is 8. The van der Waals surface area contributed by atoms with Gasteiger partial charge in [0.25, 0.3) is 5.89 Å². The van der Waals surface area contributed by atoms with Crippen molar-refractivity contribution in [2.75, 3.05) is 13.2 Å². The van der Waals surface area contributed by atoms with Crippen LogP contribution in [0.5, 0.6) is 0 Å². The fourth-order valence-corrected chi connectivity index (χ4v) is 1.15. The standard InChI is InChI=1S/C11H21N3O3/c1-4-5-15-7-10-13-11(14-17-10)9(12)6-16-8(2)3/h8-9H,4-7,12H2,1-3H3. The van der Waals surface area contributed by atoms with Gasteiger partial charge in [-0.25, -0.2) is 0 Å². The third kappa shape index (κ3) is 5.25. The molecule has 0 saturated heterocycles. The summed E-state index contributed by atoms with van der Waals surface area (Å²) in [6.45, 7) is 7.34. The van der Waals surface area contributed by atoms with Gasteiger partial charge in [-0.05, 0) is 20.3 Å². The van der Waals surface area contributed by atoms with Crippen molar-refractivity contribution in [3.05, 3.63) is 11.7 Å². The summed E-state index contributed by atoms with van der Waals surface area (Å²) in [5.74, 6) is 0.911. The largest absolute Gasteiger partial charge is 0.377 e. The fraction of sp³-hybridized carbons (Fsp3) is 0.818. The maximum Gasteiger partial charge on any atom is 0.252 e. The van der Waals surface area contributed by atoms with Gasteiger partial charge in [0.15, 0.2) is 5.82 Å². The lowest BCUT2D eigenvalue weighted by Gasteiger charge is -2.10. The normalized spacial score (nSPS) is 13.2. The number of ether oxygens (including phenoxy) is 2. The molecule has 0 amide bonds. The summed E-state index contributed by atoms with van der Waals surface area (Å²) in [4.78, 5) is 4.15. The first-order valence-corrected chi connectivity index (χ1v) is 5.90. The third-order valence-corrected chi connectivity index (χ3v) is 2.00. The summed E-state index contributed by atoms with van der Waals surface area (Å²) in [6, 6.07) is -0.360. The summed E-state index contributed by atoms with van der Waals surface area (Å²) in [5.41, 5.74) is 5.86. The van der Waals surface area contributed by atoms with E-state index in [-0.39, 0.29) is 12.1 Å². The molecule has 0 fully saturated rings. The van der Waals surface area contributed by atoms with Crippen molar-refractivity contribution in [2.24, 2.45) is 5.73 Å². The van der Waals surface area contributed by atoms with Crippen LogP contribution in [0.15, 0.2) is 4.52 Å². The molecule has 1 aromatic rings. The van der Waals surface area contributed by atoms with Crippen LogP contribution < -0.4 is 5.73 Å². The molecule has 98 valence electrons. The molecule has 0 bridgehead atoms. The van der Waals surface area contributed by atoms with E-state index in [1.54, 1.807) is 0 Å². The molecule has 0 spiro atoms. The lowest BCUT2D eigenvalue weighted by Crippen LogP contribution is -2.20. The van der Waals surface area contributed by atoms with Gasteiger partial charge < -0.3 is 19.7 Å². The van der Waals surface area contributed by atoms with E-state index in [1.807, 2.05) is 20.8 Å². The van der Waals surface area contributed by atoms with Crippen LogP contribution in [0.2, 0.25) is 0 Å². The Hall–Kier alpha value is -0.980. The highest BCUT2D eigenvalue weighted by atomic mass is 16.5. The molecule has 0 radical (unpaired) electrons. The van der Waals surface area contributed by atoms with Crippen molar-refractivity contribution in [1.29, 1.82) is 0 Å². The maximum absolute atomic E-state index is 5.86. The first kappa shape index (κ1) is 14.1. The van der Waals surface area contributed by atoms with Crippen LogP contribution in [0.4, 0.5) is 0 Å². The molecule has 0 aliphatic carbocycles. The van der Waals surface area contributed by atoms with E-state index in [9.17, 15) is 0 Å². The summed E-state index contributed by atoms with van der Waals surface area (Å²) >= 11 is 0. The Morgan fingerprint density at radius 2 is 2.18 bits per heavy atom. The third-order valence-electron chi connectivity index (χ3n) is 2.00. The molecule has 0 saturated carbocycles. The first-order chi connectivity index (χ1) is 8.13. The lowest BCUT2D eigenvalue weighted by atomic mass is 10.3. The second kappa shape index (κ2) is 7.37. The van der Waals surface area contributed by atoms with Crippen molar-refractivity contribution in [1.82, 2.24) is 10.1 Å². The zero-order valence-corrected chi connectivity index (χ0v) is 10.7. The molecule has 0 aliphatic heterocycles. The maximum atomic E-state index is 5.86. The Labute approximate surface area is 101 Å². The molecule has 1 atom stereocenters. The predicted octanol–water partition coefficient (Wildman–Crippen LogP) is 1.42. The average molecular weight is 243 g/mol. The van der Waals surface area contributed by atoms with Crippen LogP contribution in [-0.2, 0) is 16.1 Å². The van der Waals surface area contributed by atoms with Crippen LogP contribution in [0.3, 0.4) is 0 Å². The summed E-state index contributed by atoms with van der Waals surface area (Å²) < 4.78 is 15.7. The van der Waals surface area contributed by atoms with Gasteiger partial charge in [0.2, 0.25) is 0 Å². The van der Waals surface area contributed by atoms with Crippen LogP contribution in [-0.4, -0.2) is 29.5 Å². The smallest absolute Gasteiger partial charge is 0.252 e. The van der Waals surface area contributed by atoms with Crippen molar-refractivity contribution in [3.63, 3.8) is 0 Å². The highest BCUT2D eigenvalue weighted by Crippen LogP contribution is 2.08. The van der Waals surface area contributed by atoms with Crippen molar-refractivity contribution in [3.8, 4) is 0 Å². The Morgan fingerprint density at radius 3 is 2.82 bits per heavy atom. The monoisotopic (exact) mass is 243 g/mol. The zero-order chi connectivity index (χ0) is 12.7. The zero-order valence-electron chi connectivity index (χ0n) is 10.7. The number of aromatic nitrogens is 2. The molecule has 6 heteroatoms. The quantitative estimate of drug-likeness (QED) is 0.695. The second-order valence-corrected chi connectivity index (χ2v) is 4.09. The SMILES string of the molecule is CCCOCc1nc(C(N)COC(C)C)no1. The van der Waals surface area contributed by atoms with E-state index in [4.69, 9.17) is 19.7 Å². The van der Waals surface area contributed by atoms with Crippen molar-refractivity contribution in [2.45, 2.75) is 45.9 Å². The highest BCUT2D eigenvalue weighted by molar-refractivity contribution is 4.92. The summed E-state index contributed by atoms with van der Waals surface area (Å²) in [6.07, 6.45) is 1.10. The van der Waals surface area contributed by atoms with Gasteiger partial charge in [-0.15, -0.1) is 0 Å². The van der Waals surface area contributed by atoms with E-state index in [1.165, 1.54) is 0 Å². The van der Waals surface area contributed by atoms with Gasteiger partial charge in [-0.2, -0.15) is 4.98 Å². The Balaban J connectivity index is 2.38. The van der Waals surface area contributed by atoms with Crippen LogP contribution >= 0.6 is 0 Å². The molecule has 0 aromatic carbocycles. The predicted molar refractivity (Wildman–Crippen MR) is 62.3 cm³/mol. The molecular formula is C11H21N3O3. The van der Waals surface area contributed by atoms with E-state index in [0.29, 0.717) is 31.5 Å². The number of nitrogens with two attached hydrogens (primary N) is 1. The fourth-order valence-electron chi connectivity index (χ4n) is 1.15. The van der Waals surface area contributed by atoms with Crippen LogP contribution in [0.1, 0.15) is 44.9 Å². The summed E-state index contributed by atoms with van der Waals surface area (Å²) in [5, 5.41) is 3.80. The van der Waals surface area contributed by atoms with E-state index in [2.05, 4.69) is 10.1 Å². The molecule has 17 heavy (non-hydrogen) atoms. The Kier molecular flexibility index (Phi) is 6.10. The molecule has 2 N–H and O–H groups in total. The van der Waals surface area contributed by atoms with Gasteiger partial charge in [0.05, 0.1) is 18.8 Å². The van der Waals surface area contributed by atoms with Crippen LogP contribution in [0, 0.1) is 0 Å². The van der Waals surface area contributed by atoms with Crippen LogP contribution in [0.25, 0.3) is 0 Å². The molecule has 1 heterocycles. The number of nitrogens with zero attached hydrogens (tertiary/aromatic N) is 2. The van der Waals surface area contributed by atoms with Crippen molar-refractivity contribution >= 4 is 0 Å². The molecule has 1 unspecified atom stereocenters. The lowest BCUT2D eigenvalue weighted by molar-refractivity contribution is 0.0664. The minimum absolute atomic E-state index is 0.139. The van der Waals surface area contributed by atoms with Gasteiger partial charge in [-0.3, -0.25) is 0 Å². The second-order valence-electron chi connectivity index (χ2n) is 4.09. The van der Waals surface area contributed by atoms with Crippen molar-refractivity contribution < 1.29 is 14.0 Å². The minimum Gasteiger partial charge on any atom is -0.377 e. The molecule has 0 aliphatic rings. The van der Waals surface area contributed by atoms with E-state index in [0.717, 1.165) is 6.42 Å². The molecule has 1 rings (SSSR count).